The van der Waals surface area contributed by atoms with Crippen LogP contribution in [0.5, 0.6) is 0 Å². The molecule has 2 aliphatic rings. The van der Waals surface area contributed by atoms with Gasteiger partial charge in [-0.15, -0.1) is 5.10 Å². The molecule has 1 aromatic heterocycles. The van der Waals surface area contributed by atoms with Gasteiger partial charge in [-0.05, 0) is 25.0 Å². The lowest BCUT2D eigenvalue weighted by atomic mass is 10.0. The van der Waals surface area contributed by atoms with Crippen LogP contribution in [0.1, 0.15) is 19.3 Å². The van der Waals surface area contributed by atoms with Crippen LogP contribution >= 0.6 is 0 Å². The topological polar surface area (TPSA) is 87.7 Å². The minimum atomic E-state index is -0.267. The van der Waals surface area contributed by atoms with Crippen molar-refractivity contribution in [3.63, 3.8) is 0 Å². The number of aromatic nitrogens is 2. The van der Waals surface area contributed by atoms with E-state index < -0.39 is 0 Å². The quantitative estimate of drug-likeness (QED) is 0.783. The molecule has 0 bridgehead atoms. The number of hydrogen-bond acceptors (Lipinski definition) is 6. The van der Waals surface area contributed by atoms with Crippen molar-refractivity contribution < 1.29 is 14.3 Å². The lowest BCUT2D eigenvalue weighted by Crippen LogP contribution is -2.49. The second-order valence-electron chi connectivity index (χ2n) is 6.61. The average Bonchev–Trinajstić information content (AvgIpc) is 3.02. The maximum Gasteiger partial charge on any atom is 0.225 e. The van der Waals surface area contributed by atoms with Crippen molar-refractivity contribution in [1.82, 2.24) is 20.4 Å². The largest absolute Gasteiger partial charge is 0.383 e. The monoisotopic (exact) mass is 347 g/mol. The Morgan fingerprint density at radius 1 is 1.44 bits per heavy atom. The zero-order valence-corrected chi connectivity index (χ0v) is 14.6. The van der Waals surface area contributed by atoms with Crippen molar-refractivity contribution >= 4 is 17.6 Å². The number of carbonyl (C=O) groups is 2. The number of anilines is 1. The van der Waals surface area contributed by atoms with E-state index in [0.29, 0.717) is 19.7 Å². The Balaban J connectivity index is 1.52. The molecule has 0 aliphatic carbocycles. The molecule has 2 saturated heterocycles. The lowest BCUT2D eigenvalue weighted by molar-refractivity contribution is -0.129. The van der Waals surface area contributed by atoms with Gasteiger partial charge in [0.25, 0.3) is 0 Å². The first kappa shape index (κ1) is 17.6. The smallest absolute Gasteiger partial charge is 0.225 e. The van der Waals surface area contributed by atoms with Crippen LogP contribution in [-0.2, 0) is 14.3 Å². The van der Waals surface area contributed by atoms with E-state index in [0.717, 1.165) is 31.7 Å². The Morgan fingerprint density at radius 3 is 3.08 bits per heavy atom. The third kappa shape index (κ3) is 4.45. The number of ether oxygens (including phenoxy) is 1. The van der Waals surface area contributed by atoms with E-state index in [9.17, 15) is 9.59 Å². The molecule has 0 radical (unpaired) electrons. The van der Waals surface area contributed by atoms with Gasteiger partial charge in [-0.1, -0.05) is 0 Å². The molecule has 1 aromatic rings. The number of amides is 2. The highest BCUT2D eigenvalue weighted by Crippen LogP contribution is 2.20. The molecule has 2 unspecified atom stereocenters. The predicted molar refractivity (Wildman–Crippen MR) is 92.0 cm³/mol. The average molecular weight is 347 g/mol. The molecule has 8 nitrogen and oxygen atoms in total. The Morgan fingerprint density at radius 2 is 2.32 bits per heavy atom. The van der Waals surface area contributed by atoms with Crippen molar-refractivity contribution in [2.75, 3.05) is 44.8 Å². The van der Waals surface area contributed by atoms with Crippen LogP contribution in [0.2, 0.25) is 0 Å². The van der Waals surface area contributed by atoms with Crippen molar-refractivity contribution in [3.05, 3.63) is 18.3 Å². The van der Waals surface area contributed by atoms with Crippen LogP contribution in [0.3, 0.4) is 0 Å². The highest BCUT2D eigenvalue weighted by molar-refractivity contribution is 5.89. The van der Waals surface area contributed by atoms with Gasteiger partial charge in [0.2, 0.25) is 11.8 Å². The number of likely N-dealkylation sites (tertiary alicyclic amines) is 1. The lowest BCUT2D eigenvalue weighted by Gasteiger charge is -2.34. The summed E-state index contributed by atoms with van der Waals surface area (Å²) in [5.74, 6) is 0.570. The number of nitrogens with zero attached hydrogens (tertiary/aromatic N) is 4. The Hall–Kier alpha value is -2.22. The third-order valence-electron chi connectivity index (χ3n) is 4.80. The van der Waals surface area contributed by atoms with Gasteiger partial charge in [-0.25, -0.2) is 0 Å². The molecular weight excluding hydrogens is 322 g/mol. The number of methoxy groups -OCH3 is 1. The molecule has 1 N–H and O–H groups in total. The predicted octanol–water partition coefficient (Wildman–Crippen LogP) is 0.0565. The van der Waals surface area contributed by atoms with E-state index in [1.165, 1.54) is 0 Å². The van der Waals surface area contributed by atoms with Crippen LogP contribution in [-0.4, -0.2) is 72.8 Å². The van der Waals surface area contributed by atoms with Gasteiger partial charge in [0.05, 0.1) is 12.5 Å². The number of hydrogen-bond donors (Lipinski definition) is 1. The summed E-state index contributed by atoms with van der Waals surface area (Å²) < 4.78 is 5.01. The van der Waals surface area contributed by atoms with Crippen LogP contribution in [0.25, 0.3) is 0 Å². The van der Waals surface area contributed by atoms with E-state index in [1.54, 1.807) is 18.2 Å². The molecule has 8 heteroatoms. The second kappa shape index (κ2) is 8.24. The summed E-state index contributed by atoms with van der Waals surface area (Å²) in [6, 6.07) is 3.87. The number of rotatable bonds is 6. The molecule has 2 aliphatic heterocycles. The van der Waals surface area contributed by atoms with Gasteiger partial charge in [0.15, 0.2) is 5.82 Å². The second-order valence-corrected chi connectivity index (χ2v) is 6.61. The fourth-order valence-electron chi connectivity index (χ4n) is 3.45. The van der Waals surface area contributed by atoms with E-state index in [4.69, 9.17) is 4.74 Å². The van der Waals surface area contributed by atoms with Gasteiger partial charge < -0.3 is 19.9 Å². The van der Waals surface area contributed by atoms with Crippen molar-refractivity contribution in [2.45, 2.75) is 25.3 Å². The summed E-state index contributed by atoms with van der Waals surface area (Å²) >= 11 is 0. The first-order valence-corrected chi connectivity index (χ1v) is 8.77. The molecule has 2 atom stereocenters. The highest BCUT2D eigenvalue weighted by atomic mass is 16.5. The molecule has 0 saturated carbocycles. The standard InChI is InChI=1S/C17H25N5O3/c1-25-9-8-22-11-13(10-16(22)23)17(24)19-14-4-3-7-21(12-14)15-5-2-6-18-20-15/h2,5-6,13-14H,3-4,7-12H2,1H3,(H,19,24). The number of nitrogens with one attached hydrogen (secondary N) is 1. The van der Waals surface area contributed by atoms with Gasteiger partial charge in [0.1, 0.15) is 0 Å². The molecule has 0 spiro atoms. The minimum absolute atomic E-state index is 0.0285. The van der Waals surface area contributed by atoms with E-state index >= 15 is 0 Å². The highest BCUT2D eigenvalue weighted by Gasteiger charge is 2.35. The first-order chi connectivity index (χ1) is 12.2. The zero-order chi connectivity index (χ0) is 17.6. The minimum Gasteiger partial charge on any atom is -0.383 e. The molecule has 3 heterocycles. The van der Waals surface area contributed by atoms with Gasteiger partial charge in [-0.2, -0.15) is 5.10 Å². The Kier molecular flexibility index (Phi) is 5.80. The Labute approximate surface area is 147 Å². The maximum absolute atomic E-state index is 12.6. The van der Waals surface area contributed by atoms with E-state index in [2.05, 4.69) is 20.4 Å². The summed E-state index contributed by atoms with van der Waals surface area (Å²) in [5, 5.41) is 11.2. The molecular formula is C17H25N5O3. The molecule has 136 valence electrons. The van der Waals surface area contributed by atoms with Gasteiger partial charge in [0, 0.05) is 51.9 Å². The third-order valence-corrected chi connectivity index (χ3v) is 4.80. The van der Waals surface area contributed by atoms with Crippen LogP contribution < -0.4 is 10.2 Å². The van der Waals surface area contributed by atoms with E-state index in [-0.39, 0.29) is 30.2 Å². The number of piperidine rings is 1. The maximum atomic E-state index is 12.6. The first-order valence-electron chi connectivity index (χ1n) is 8.77. The fourth-order valence-corrected chi connectivity index (χ4v) is 3.45. The fraction of sp³-hybridized carbons (Fsp3) is 0.647. The summed E-state index contributed by atoms with van der Waals surface area (Å²) in [6.45, 7) is 3.16. The normalized spacial score (nSPS) is 23.8. The molecule has 0 aromatic carbocycles. The van der Waals surface area contributed by atoms with Crippen LogP contribution in [0.15, 0.2) is 18.3 Å². The summed E-state index contributed by atoms with van der Waals surface area (Å²) in [7, 11) is 1.61. The van der Waals surface area contributed by atoms with Crippen molar-refractivity contribution in [3.8, 4) is 0 Å². The van der Waals surface area contributed by atoms with Crippen LogP contribution in [0.4, 0.5) is 5.82 Å². The molecule has 3 rings (SSSR count). The summed E-state index contributed by atoms with van der Waals surface area (Å²) in [4.78, 5) is 28.4. The SMILES string of the molecule is COCCN1CC(C(=O)NC2CCCN(c3cccnn3)C2)CC1=O. The van der Waals surface area contributed by atoms with Gasteiger partial charge in [-0.3, -0.25) is 9.59 Å². The van der Waals surface area contributed by atoms with Crippen molar-refractivity contribution in [2.24, 2.45) is 5.92 Å². The van der Waals surface area contributed by atoms with Crippen molar-refractivity contribution in [1.29, 1.82) is 0 Å². The zero-order valence-electron chi connectivity index (χ0n) is 14.6. The van der Waals surface area contributed by atoms with Crippen LogP contribution in [0, 0.1) is 5.92 Å². The molecule has 2 fully saturated rings. The molecule has 25 heavy (non-hydrogen) atoms. The summed E-state index contributed by atoms with van der Waals surface area (Å²) in [6.07, 6.45) is 3.87. The number of carbonyl (C=O) groups excluding carboxylic acids is 2. The summed E-state index contributed by atoms with van der Waals surface area (Å²) in [5.41, 5.74) is 0. The van der Waals surface area contributed by atoms with E-state index in [1.807, 2.05) is 12.1 Å². The molecule has 2 amide bonds. The van der Waals surface area contributed by atoms with Gasteiger partial charge >= 0.3 is 0 Å². The Bertz CT molecular complexity index is 597.